The van der Waals surface area contributed by atoms with Crippen LogP contribution in [0.25, 0.3) is 0 Å². The molecule has 2 amide bonds. The predicted octanol–water partition coefficient (Wildman–Crippen LogP) is 5.11. The van der Waals surface area contributed by atoms with Crippen molar-refractivity contribution in [2.24, 2.45) is 0 Å². The van der Waals surface area contributed by atoms with Crippen LogP contribution >= 0.6 is 23.2 Å². The summed E-state index contributed by atoms with van der Waals surface area (Å²) >= 11 is 11.7. The highest BCUT2D eigenvalue weighted by Crippen LogP contribution is 2.37. The van der Waals surface area contributed by atoms with E-state index < -0.39 is 56.9 Å². The molecule has 2 rings (SSSR count). The van der Waals surface area contributed by atoms with E-state index in [1.54, 1.807) is 31.2 Å². The molecule has 0 aliphatic heterocycles. The van der Waals surface area contributed by atoms with E-state index in [1.807, 2.05) is 6.92 Å². The molecule has 0 spiro atoms. The van der Waals surface area contributed by atoms with Gasteiger partial charge in [0.2, 0.25) is 21.8 Å². The van der Waals surface area contributed by atoms with Gasteiger partial charge in [-0.1, -0.05) is 42.3 Å². The van der Waals surface area contributed by atoms with Gasteiger partial charge < -0.3 is 10.2 Å². The lowest BCUT2D eigenvalue weighted by Crippen LogP contribution is -2.52. The van der Waals surface area contributed by atoms with Crippen molar-refractivity contribution in [3.05, 3.63) is 63.6 Å². The number of carbonyl (C=O) groups excluding carboxylic acids is 2. The summed E-state index contributed by atoms with van der Waals surface area (Å²) in [5, 5.41) is 2.55. The lowest BCUT2D eigenvalue weighted by molar-refractivity contribution is -0.139. The Bertz CT molecular complexity index is 1240. The van der Waals surface area contributed by atoms with Crippen molar-refractivity contribution in [1.82, 2.24) is 10.2 Å². The maximum absolute atomic E-state index is 13.5. The van der Waals surface area contributed by atoms with Crippen LogP contribution in [0, 0.1) is 0 Å². The molecular formula is C24H28Cl2F3N3O4S. The topological polar surface area (TPSA) is 86.8 Å². The van der Waals surface area contributed by atoms with Gasteiger partial charge in [0.1, 0.15) is 12.6 Å². The van der Waals surface area contributed by atoms with Gasteiger partial charge in [-0.25, -0.2) is 8.42 Å². The Balaban J connectivity index is 2.48. The zero-order valence-corrected chi connectivity index (χ0v) is 23.0. The van der Waals surface area contributed by atoms with Gasteiger partial charge in [-0.3, -0.25) is 13.9 Å². The number of rotatable bonds is 10. The predicted molar refractivity (Wildman–Crippen MR) is 138 cm³/mol. The average Bonchev–Trinajstić information content (AvgIpc) is 2.79. The first-order valence-corrected chi connectivity index (χ1v) is 13.8. The van der Waals surface area contributed by atoms with Crippen molar-refractivity contribution in [3.8, 4) is 0 Å². The third-order valence-electron chi connectivity index (χ3n) is 5.63. The number of nitrogens with one attached hydrogen (secondary N) is 1. The van der Waals surface area contributed by atoms with Gasteiger partial charge in [0.25, 0.3) is 0 Å². The number of amides is 2. The molecule has 204 valence electrons. The molecule has 0 fully saturated rings. The molecule has 0 bridgehead atoms. The zero-order valence-electron chi connectivity index (χ0n) is 20.6. The number of benzene rings is 2. The molecule has 2 aromatic rings. The Labute approximate surface area is 224 Å². The number of nitrogens with zero attached hydrogens (tertiary/aromatic N) is 2. The molecule has 0 aliphatic rings. The Morgan fingerprint density at radius 2 is 1.73 bits per heavy atom. The molecule has 0 heterocycles. The minimum absolute atomic E-state index is 0.0967. The molecule has 0 aromatic heterocycles. The highest BCUT2D eigenvalue weighted by atomic mass is 35.5. The van der Waals surface area contributed by atoms with E-state index in [-0.39, 0.29) is 12.6 Å². The van der Waals surface area contributed by atoms with Gasteiger partial charge in [0.05, 0.1) is 22.5 Å². The maximum atomic E-state index is 13.5. The van der Waals surface area contributed by atoms with Gasteiger partial charge >= 0.3 is 6.18 Å². The van der Waals surface area contributed by atoms with Gasteiger partial charge in [0, 0.05) is 17.6 Å². The van der Waals surface area contributed by atoms with Crippen molar-refractivity contribution in [2.75, 3.05) is 17.1 Å². The third kappa shape index (κ3) is 8.51. The molecule has 0 radical (unpaired) electrons. The Morgan fingerprint density at radius 1 is 1.08 bits per heavy atom. The van der Waals surface area contributed by atoms with E-state index >= 15 is 0 Å². The molecule has 7 nitrogen and oxygen atoms in total. The summed E-state index contributed by atoms with van der Waals surface area (Å²) in [4.78, 5) is 27.5. The minimum Gasteiger partial charge on any atom is -0.352 e. The number of hydrogen-bond acceptors (Lipinski definition) is 4. The molecular weight excluding hydrogens is 554 g/mol. The first-order chi connectivity index (χ1) is 17.0. The van der Waals surface area contributed by atoms with Crippen LogP contribution in [0.3, 0.4) is 0 Å². The van der Waals surface area contributed by atoms with Crippen LogP contribution < -0.4 is 9.62 Å². The van der Waals surface area contributed by atoms with E-state index in [0.717, 1.165) is 23.3 Å². The molecule has 1 N–H and O–H groups in total. The second-order valence-corrected chi connectivity index (χ2v) is 11.3. The van der Waals surface area contributed by atoms with Crippen molar-refractivity contribution in [1.29, 1.82) is 0 Å². The summed E-state index contributed by atoms with van der Waals surface area (Å²) in [7, 11) is -4.22. The van der Waals surface area contributed by atoms with Crippen LogP contribution in [0.4, 0.5) is 18.9 Å². The average molecular weight is 582 g/mol. The summed E-state index contributed by atoms with van der Waals surface area (Å²) in [5.41, 5.74) is -1.07. The van der Waals surface area contributed by atoms with Crippen LogP contribution in [0.1, 0.15) is 38.3 Å². The number of sulfonamides is 1. The lowest BCUT2D eigenvalue weighted by atomic mass is 10.1. The number of hydrogen-bond donors (Lipinski definition) is 1. The zero-order chi connectivity index (χ0) is 28.1. The minimum atomic E-state index is -4.85. The number of carbonyl (C=O) groups is 2. The van der Waals surface area contributed by atoms with Gasteiger partial charge in [-0.2, -0.15) is 13.2 Å². The van der Waals surface area contributed by atoms with Crippen LogP contribution in [-0.4, -0.2) is 50.0 Å². The smallest absolute Gasteiger partial charge is 0.352 e. The molecule has 2 aromatic carbocycles. The second kappa shape index (κ2) is 12.4. The van der Waals surface area contributed by atoms with Gasteiger partial charge in [0.15, 0.2) is 0 Å². The normalized spacial score (nSPS) is 13.5. The first kappa shape index (κ1) is 30.7. The first-order valence-electron chi connectivity index (χ1n) is 11.2. The monoisotopic (exact) mass is 581 g/mol. The summed E-state index contributed by atoms with van der Waals surface area (Å²) in [6, 6.07) is 7.88. The van der Waals surface area contributed by atoms with E-state index in [9.17, 15) is 31.2 Å². The van der Waals surface area contributed by atoms with E-state index in [4.69, 9.17) is 23.2 Å². The van der Waals surface area contributed by atoms with Gasteiger partial charge in [-0.15, -0.1) is 0 Å². The fourth-order valence-electron chi connectivity index (χ4n) is 3.38. The van der Waals surface area contributed by atoms with E-state index in [1.165, 1.54) is 6.92 Å². The Kier molecular flexibility index (Phi) is 10.3. The summed E-state index contributed by atoms with van der Waals surface area (Å²) < 4.78 is 65.9. The van der Waals surface area contributed by atoms with Crippen LogP contribution in [0.2, 0.25) is 10.0 Å². The fourth-order valence-corrected chi connectivity index (χ4v) is 4.66. The summed E-state index contributed by atoms with van der Waals surface area (Å²) in [6.07, 6.45) is -3.44. The molecule has 0 saturated heterocycles. The molecule has 0 saturated carbocycles. The third-order valence-corrected chi connectivity index (χ3v) is 7.34. The molecule has 0 unspecified atom stereocenters. The number of halogens is 5. The highest BCUT2D eigenvalue weighted by molar-refractivity contribution is 7.92. The number of alkyl halides is 3. The molecule has 0 aliphatic carbocycles. The second-order valence-electron chi connectivity index (χ2n) is 8.58. The highest BCUT2D eigenvalue weighted by Gasteiger charge is 2.35. The van der Waals surface area contributed by atoms with E-state index in [0.29, 0.717) is 27.4 Å². The van der Waals surface area contributed by atoms with Gasteiger partial charge in [-0.05, 0) is 56.2 Å². The molecule has 37 heavy (non-hydrogen) atoms. The standard InChI is InChI=1S/C24H28Cl2F3N3O4S/c1-5-15(2)30-23(34)16(3)31(13-17-7-6-8-18(25)11-17)22(33)14-32(37(4,35)36)19-9-10-21(26)20(12-19)24(27,28)29/h6-12,15-16H,5,13-14H2,1-4H3,(H,30,34)/t15-,16+/m1/s1. The van der Waals surface area contributed by atoms with Crippen LogP contribution in [0.15, 0.2) is 42.5 Å². The quantitative estimate of drug-likeness (QED) is 0.422. The van der Waals surface area contributed by atoms with Crippen LogP contribution in [-0.2, 0) is 32.3 Å². The summed E-state index contributed by atoms with van der Waals surface area (Å²) in [5.74, 6) is -1.28. The Hall–Kier alpha value is -2.50. The van der Waals surface area contributed by atoms with E-state index in [2.05, 4.69) is 5.32 Å². The maximum Gasteiger partial charge on any atom is 0.417 e. The van der Waals surface area contributed by atoms with Crippen molar-refractivity contribution >= 4 is 50.7 Å². The Morgan fingerprint density at radius 3 is 2.27 bits per heavy atom. The summed E-state index contributed by atoms with van der Waals surface area (Å²) in [6.45, 7) is 4.20. The SMILES string of the molecule is CC[C@@H](C)NC(=O)[C@H](C)N(Cc1cccc(Cl)c1)C(=O)CN(c1ccc(Cl)c(C(F)(F)F)c1)S(C)(=O)=O. The molecule has 13 heteroatoms. The number of anilines is 1. The lowest BCUT2D eigenvalue weighted by Gasteiger charge is -2.32. The van der Waals surface area contributed by atoms with Crippen molar-refractivity contribution in [2.45, 2.75) is 52.0 Å². The molecule has 2 atom stereocenters. The van der Waals surface area contributed by atoms with Crippen molar-refractivity contribution < 1.29 is 31.2 Å². The fraction of sp³-hybridized carbons (Fsp3) is 0.417. The largest absolute Gasteiger partial charge is 0.417 e. The van der Waals surface area contributed by atoms with Crippen molar-refractivity contribution in [3.63, 3.8) is 0 Å². The van der Waals surface area contributed by atoms with Crippen LogP contribution in [0.5, 0.6) is 0 Å².